The molecule has 0 bridgehead atoms. The number of methoxy groups -OCH3 is 2. The molecule has 1 aromatic heterocycles. The Morgan fingerprint density at radius 3 is 2.64 bits per heavy atom. The Labute approximate surface area is 82.6 Å². The van der Waals surface area contributed by atoms with Crippen LogP contribution in [0.15, 0.2) is 0 Å². The predicted molar refractivity (Wildman–Crippen MR) is 50.0 cm³/mol. The lowest BCUT2D eigenvalue weighted by atomic mass is 10.3. The van der Waals surface area contributed by atoms with E-state index in [-0.39, 0.29) is 0 Å². The summed E-state index contributed by atoms with van der Waals surface area (Å²) in [6, 6.07) is 0. The van der Waals surface area contributed by atoms with Crippen molar-refractivity contribution < 1.29 is 14.3 Å². The quantitative estimate of drug-likeness (QED) is 0.669. The molecule has 1 heterocycles. The van der Waals surface area contributed by atoms with Gasteiger partial charge in [-0.25, -0.2) is 9.78 Å². The van der Waals surface area contributed by atoms with Gasteiger partial charge in [-0.1, -0.05) is 0 Å². The maximum absolute atomic E-state index is 11.3. The van der Waals surface area contributed by atoms with Crippen LogP contribution in [-0.2, 0) is 23.1 Å². The fourth-order valence-corrected chi connectivity index (χ4v) is 1.19. The summed E-state index contributed by atoms with van der Waals surface area (Å²) in [7, 11) is 4.76. The van der Waals surface area contributed by atoms with Crippen LogP contribution in [-0.4, -0.2) is 29.7 Å². The molecular formula is C9H14N2O3. The van der Waals surface area contributed by atoms with Crippen LogP contribution in [0, 0.1) is 6.92 Å². The third-order valence-electron chi connectivity index (χ3n) is 2.13. The molecule has 5 nitrogen and oxygen atoms in total. The van der Waals surface area contributed by atoms with E-state index in [4.69, 9.17) is 4.74 Å². The zero-order valence-electron chi connectivity index (χ0n) is 8.83. The second-order valence-electron chi connectivity index (χ2n) is 2.95. The fraction of sp³-hybridized carbons (Fsp3) is 0.556. The Balaban J connectivity index is 3.08. The molecule has 0 radical (unpaired) electrons. The molecule has 0 aromatic carbocycles. The molecular weight excluding hydrogens is 184 g/mol. The Hall–Kier alpha value is -1.36. The first-order valence-corrected chi connectivity index (χ1v) is 4.21. The van der Waals surface area contributed by atoms with Crippen LogP contribution in [0.2, 0.25) is 0 Å². The van der Waals surface area contributed by atoms with Crippen molar-refractivity contribution in [1.82, 2.24) is 9.55 Å². The average molecular weight is 198 g/mol. The van der Waals surface area contributed by atoms with Crippen molar-refractivity contribution >= 4 is 5.97 Å². The Bertz CT molecular complexity index is 344. The van der Waals surface area contributed by atoms with E-state index in [1.807, 2.05) is 18.5 Å². The van der Waals surface area contributed by atoms with E-state index in [0.717, 1.165) is 5.69 Å². The number of ether oxygens (including phenoxy) is 2. The monoisotopic (exact) mass is 198 g/mol. The lowest BCUT2D eigenvalue weighted by molar-refractivity contribution is 0.0593. The number of esters is 1. The van der Waals surface area contributed by atoms with Gasteiger partial charge in [0.1, 0.15) is 12.4 Å². The highest BCUT2D eigenvalue weighted by Crippen LogP contribution is 2.10. The molecule has 0 fully saturated rings. The number of aromatic nitrogens is 2. The van der Waals surface area contributed by atoms with E-state index >= 15 is 0 Å². The highest BCUT2D eigenvalue weighted by molar-refractivity contribution is 5.88. The molecule has 0 atom stereocenters. The molecule has 1 rings (SSSR count). The molecule has 1 aromatic rings. The SMILES string of the molecule is COCc1nc(C(=O)OC)c(C)n1C. The summed E-state index contributed by atoms with van der Waals surface area (Å²) >= 11 is 0. The minimum Gasteiger partial charge on any atom is -0.464 e. The summed E-state index contributed by atoms with van der Waals surface area (Å²) in [4.78, 5) is 15.4. The topological polar surface area (TPSA) is 53.4 Å². The molecule has 0 N–H and O–H groups in total. The molecule has 0 aliphatic rings. The smallest absolute Gasteiger partial charge is 0.358 e. The highest BCUT2D eigenvalue weighted by atomic mass is 16.5. The minimum absolute atomic E-state index is 0.349. The number of nitrogens with zero attached hydrogens (tertiary/aromatic N) is 2. The summed E-state index contributed by atoms with van der Waals surface area (Å²) < 4.78 is 11.4. The minimum atomic E-state index is -0.416. The van der Waals surface area contributed by atoms with Gasteiger partial charge in [0.05, 0.1) is 7.11 Å². The van der Waals surface area contributed by atoms with Crippen molar-refractivity contribution in [3.05, 3.63) is 17.2 Å². The summed E-state index contributed by atoms with van der Waals surface area (Å²) in [5.74, 6) is 0.297. The van der Waals surface area contributed by atoms with Crippen LogP contribution in [0.25, 0.3) is 0 Å². The third-order valence-corrected chi connectivity index (χ3v) is 2.13. The first-order valence-electron chi connectivity index (χ1n) is 4.21. The third kappa shape index (κ3) is 1.77. The molecule has 0 amide bonds. The van der Waals surface area contributed by atoms with Crippen LogP contribution < -0.4 is 0 Å². The standard InChI is InChI=1S/C9H14N2O3/c1-6-8(9(12)14-4)10-7(5-13-3)11(6)2/h5H2,1-4H3. The number of carbonyl (C=O) groups excluding carboxylic acids is 1. The molecule has 0 saturated carbocycles. The lowest BCUT2D eigenvalue weighted by Crippen LogP contribution is -2.04. The van der Waals surface area contributed by atoms with Crippen LogP contribution in [0.3, 0.4) is 0 Å². The summed E-state index contributed by atoms with van der Waals surface area (Å²) in [5.41, 5.74) is 1.13. The normalized spacial score (nSPS) is 10.3. The van der Waals surface area contributed by atoms with Crippen molar-refractivity contribution in [3.8, 4) is 0 Å². The van der Waals surface area contributed by atoms with E-state index < -0.39 is 5.97 Å². The first-order chi connectivity index (χ1) is 6.61. The number of imidazole rings is 1. The largest absolute Gasteiger partial charge is 0.464 e. The van der Waals surface area contributed by atoms with E-state index in [2.05, 4.69) is 9.72 Å². The van der Waals surface area contributed by atoms with Crippen LogP contribution in [0.1, 0.15) is 22.0 Å². The van der Waals surface area contributed by atoms with Gasteiger partial charge in [0.15, 0.2) is 5.69 Å². The van der Waals surface area contributed by atoms with Gasteiger partial charge in [-0.3, -0.25) is 0 Å². The van der Waals surface area contributed by atoms with E-state index in [1.165, 1.54) is 7.11 Å². The van der Waals surface area contributed by atoms with E-state index in [9.17, 15) is 4.79 Å². The maximum atomic E-state index is 11.3. The van der Waals surface area contributed by atoms with Crippen LogP contribution in [0.4, 0.5) is 0 Å². The second-order valence-corrected chi connectivity index (χ2v) is 2.95. The van der Waals surface area contributed by atoms with E-state index in [1.54, 1.807) is 7.11 Å². The van der Waals surface area contributed by atoms with Crippen molar-refractivity contribution in [2.75, 3.05) is 14.2 Å². The average Bonchev–Trinajstić information content (AvgIpc) is 2.46. The molecule has 78 valence electrons. The zero-order valence-corrected chi connectivity index (χ0v) is 8.83. The van der Waals surface area contributed by atoms with Crippen LogP contribution in [0.5, 0.6) is 0 Å². The summed E-state index contributed by atoms with van der Waals surface area (Å²) in [5, 5.41) is 0. The summed E-state index contributed by atoms with van der Waals surface area (Å²) in [6.45, 7) is 2.20. The molecule has 0 unspecified atom stereocenters. The predicted octanol–water partition coefficient (Wildman–Crippen LogP) is 0.662. The number of hydrogen-bond acceptors (Lipinski definition) is 4. The molecule has 5 heteroatoms. The second kappa shape index (κ2) is 4.23. The van der Waals surface area contributed by atoms with Gasteiger partial charge < -0.3 is 14.0 Å². The van der Waals surface area contributed by atoms with Crippen molar-refractivity contribution in [2.45, 2.75) is 13.5 Å². The van der Waals surface area contributed by atoms with E-state index in [0.29, 0.717) is 18.1 Å². The molecule has 0 spiro atoms. The van der Waals surface area contributed by atoms with Gasteiger partial charge >= 0.3 is 5.97 Å². The molecule has 0 saturated heterocycles. The Kier molecular flexibility index (Phi) is 3.24. The molecule has 14 heavy (non-hydrogen) atoms. The number of hydrogen-bond donors (Lipinski definition) is 0. The number of carbonyl (C=O) groups is 1. The van der Waals surface area contributed by atoms with Gasteiger partial charge in [-0.05, 0) is 6.92 Å². The Morgan fingerprint density at radius 1 is 1.50 bits per heavy atom. The van der Waals surface area contributed by atoms with Gasteiger partial charge in [0.25, 0.3) is 0 Å². The van der Waals surface area contributed by atoms with Crippen molar-refractivity contribution in [3.63, 3.8) is 0 Å². The van der Waals surface area contributed by atoms with Gasteiger partial charge in [0.2, 0.25) is 0 Å². The Morgan fingerprint density at radius 2 is 2.14 bits per heavy atom. The zero-order chi connectivity index (χ0) is 10.7. The van der Waals surface area contributed by atoms with Crippen molar-refractivity contribution in [2.24, 2.45) is 7.05 Å². The highest BCUT2D eigenvalue weighted by Gasteiger charge is 2.17. The molecule has 0 aliphatic heterocycles. The maximum Gasteiger partial charge on any atom is 0.358 e. The fourth-order valence-electron chi connectivity index (χ4n) is 1.19. The lowest BCUT2D eigenvalue weighted by Gasteiger charge is -2.00. The molecule has 0 aliphatic carbocycles. The van der Waals surface area contributed by atoms with Crippen molar-refractivity contribution in [1.29, 1.82) is 0 Å². The number of rotatable bonds is 3. The summed E-state index contributed by atoms with van der Waals surface area (Å²) in [6.07, 6.45) is 0. The van der Waals surface area contributed by atoms with Gasteiger partial charge in [0, 0.05) is 19.9 Å². The van der Waals surface area contributed by atoms with Gasteiger partial charge in [-0.2, -0.15) is 0 Å². The van der Waals surface area contributed by atoms with Gasteiger partial charge in [-0.15, -0.1) is 0 Å². The van der Waals surface area contributed by atoms with Crippen LogP contribution >= 0.6 is 0 Å². The first kappa shape index (κ1) is 10.7.